The number of nitrogens with zero attached hydrogens (tertiary/aromatic N) is 1. The Morgan fingerprint density at radius 1 is 0.500 bits per heavy atom. The third kappa shape index (κ3) is 21.6. The van der Waals surface area contributed by atoms with Crippen molar-refractivity contribution in [1.82, 2.24) is 31.0 Å². The number of ether oxygens (including phenoxy) is 4. The van der Waals surface area contributed by atoms with E-state index in [1.807, 2.05) is 0 Å². The summed E-state index contributed by atoms with van der Waals surface area (Å²) in [4.78, 5) is 65.8. The van der Waals surface area contributed by atoms with Gasteiger partial charge in [0, 0.05) is 57.7 Å². The zero-order valence-corrected chi connectivity index (χ0v) is 38.8. The highest BCUT2D eigenvalue weighted by atomic mass is 35.5. The zero-order chi connectivity index (χ0) is 44.4. The van der Waals surface area contributed by atoms with Crippen molar-refractivity contribution in [1.29, 1.82) is 0 Å². The highest BCUT2D eigenvalue weighted by Crippen LogP contribution is 2.37. The van der Waals surface area contributed by atoms with Crippen LogP contribution in [0.1, 0.15) is 161 Å². The van der Waals surface area contributed by atoms with Crippen LogP contribution in [0.5, 0.6) is 0 Å². The second-order valence-electron chi connectivity index (χ2n) is 18.7. The molecule has 0 unspecified atom stereocenters. The summed E-state index contributed by atoms with van der Waals surface area (Å²) in [6.07, 6.45) is 22.6. The molecular weight excluding hydrogens is 816 g/mol. The molecule has 4 aliphatic rings. The summed E-state index contributed by atoms with van der Waals surface area (Å²) in [6, 6.07) is 0.763. The molecule has 0 aliphatic heterocycles. The molecule has 62 heavy (non-hydrogen) atoms. The van der Waals surface area contributed by atoms with Gasteiger partial charge in [-0.2, -0.15) is 0 Å². The molecule has 356 valence electrons. The second-order valence-corrected chi connectivity index (χ2v) is 18.9. The van der Waals surface area contributed by atoms with Crippen LogP contribution < -0.4 is 26.1 Å². The smallest absolute Gasteiger partial charge is 0.407 e. The minimum atomic E-state index is -0.422. The van der Waals surface area contributed by atoms with Crippen LogP contribution in [0.25, 0.3) is 0 Å². The highest BCUT2D eigenvalue weighted by molar-refractivity contribution is 6.13. The molecule has 4 aliphatic carbocycles. The van der Waals surface area contributed by atoms with Gasteiger partial charge in [-0.1, -0.05) is 6.42 Å². The maximum Gasteiger partial charge on any atom is 0.407 e. The molecule has 15 nitrogen and oxygen atoms in total. The number of amides is 5. The predicted octanol–water partition coefficient (Wildman–Crippen LogP) is 7.88. The van der Waals surface area contributed by atoms with Gasteiger partial charge < -0.3 is 45.1 Å². The summed E-state index contributed by atoms with van der Waals surface area (Å²) in [6.45, 7) is 4.30. The van der Waals surface area contributed by atoms with E-state index >= 15 is 0 Å². The van der Waals surface area contributed by atoms with Crippen LogP contribution in [-0.4, -0.2) is 112 Å². The summed E-state index contributed by atoms with van der Waals surface area (Å²) in [5.41, 5.74) is 0. The first kappa shape index (κ1) is 51.6. The number of nitrogens with one attached hydrogen (secondary N) is 5. The lowest BCUT2D eigenvalue weighted by molar-refractivity contribution is -0.132. The maximum atomic E-state index is 12.7. The summed E-state index contributed by atoms with van der Waals surface area (Å²) >= 11 is 5.50. The lowest BCUT2D eigenvalue weighted by atomic mass is 9.75. The van der Waals surface area contributed by atoms with E-state index in [-0.39, 0.29) is 48.7 Å². The Morgan fingerprint density at radius 2 is 0.887 bits per heavy atom. The molecule has 4 rings (SSSR count). The summed E-state index contributed by atoms with van der Waals surface area (Å²) in [5, 5.41) is 12.2. The molecule has 0 heterocycles. The van der Waals surface area contributed by atoms with Gasteiger partial charge in [0.15, 0.2) is 0 Å². The first-order valence-electron chi connectivity index (χ1n) is 24.3. The van der Waals surface area contributed by atoms with Gasteiger partial charge in [-0.3, -0.25) is 9.59 Å². The molecule has 0 aromatic carbocycles. The normalized spacial score (nSPS) is 26.4. The topological polar surface area (TPSA) is 186 Å². The van der Waals surface area contributed by atoms with Gasteiger partial charge in [0.1, 0.15) is 6.61 Å². The molecular formula is C46H81ClN6O9. The third-order valence-corrected chi connectivity index (χ3v) is 14.0. The Hall–Kier alpha value is -3.04. The highest BCUT2D eigenvalue weighted by Gasteiger charge is 2.30. The second kappa shape index (κ2) is 30.2. The van der Waals surface area contributed by atoms with Crippen molar-refractivity contribution in [2.45, 2.75) is 185 Å². The first-order valence-corrected chi connectivity index (χ1v) is 24.6. The number of methoxy groups -OCH3 is 1. The largest absolute Gasteiger partial charge is 0.450 e. The van der Waals surface area contributed by atoms with Crippen molar-refractivity contribution < 1.29 is 42.9 Å². The molecule has 4 saturated carbocycles. The molecule has 0 aromatic rings. The number of hydrogen-bond donors (Lipinski definition) is 5. The van der Waals surface area contributed by atoms with Gasteiger partial charge in [0.2, 0.25) is 11.8 Å². The Bertz CT molecular complexity index is 1300. The minimum absolute atomic E-state index is 0.0407. The van der Waals surface area contributed by atoms with E-state index < -0.39 is 6.09 Å². The molecule has 0 atom stereocenters. The monoisotopic (exact) mass is 897 g/mol. The van der Waals surface area contributed by atoms with Crippen LogP contribution in [0.15, 0.2) is 0 Å². The molecule has 0 radical (unpaired) electrons. The van der Waals surface area contributed by atoms with Crippen molar-refractivity contribution in [3.05, 3.63) is 0 Å². The number of unbranched alkanes of at least 4 members (excludes halogenated alkanes) is 3. The zero-order valence-electron chi connectivity index (χ0n) is 38.0. The average Bonchev–Trinajstić information content (AvgIpc) is 3.25. The van der Waals surface area contributed by atoms with Crippen molar-refractivity contribution in [3.8, 4) is 0 Å². The number of alkyl carbamates (subject to hydrolysis) is 3. The average molecular weight is 898 g/mol. The Kier molecular flexibility index (Phi) is 25.1. The Labute approximate surface area is 376 Å². The lowest BCUT2D eigenvalue weighted by Gasteiger charge is -2.34. The number of rotatable bonds is 25. The molecule has 0 spiro atoms. The molecule has 5 amide bonds. The van der Waals surface area contributed by atoms with E-state index in [0.29, 0.717) is 76.6 Å². The fraction of sp³-hybridized carbons (Fsp3) is 0.891. The number of hydrogen-bond acceptors (Lipinski definition) is 10. The van der Waals surface area contributed by atoms with Crippen LogP contribution >= 0.6 is 11.8 Å². The fourth-order valence-electron chi connectivity index (χ4n) is 10.2. The van der Waals surface area contributed by atoms with Gasteiger partial charge in [-0.25, -0.2) is 19.2 Å². The van der Waals surface area contributed by atoms with Crippen LogP contribution in [0.4, 0.5) is 14.4 Å². The van der Waals surface area contributed by atoms with E-state index in [0.717, 1.165) is 121 Å². The molecule has 0 aromatic heterocycles. The summed E-state index contributed by atoms with van der Waals surface area (Å²) in [5.74, 6) is 2.89. The summed E-state index contributed by atoms with van der Waals surface area (Å²) in [7, 11) is 1.61. The van der Waals surface area contributed by atoms with Gasteiger partial charge in [-0.15, -0.1) is 0 Å². The number of halogens is 1. The Morgan fingerprint density at radius 3 is 1.27 bits per heavy atom. The summed E-state index contributed by atoms with van der Waals surface area (Å²) < 4.78 is 21.5. The van der Waals surface area contributed by atoms with Gasteiger partial charge in [-0.05, 0) is 177 Å². The van der Waals surface area contributed by atoms with Gasteiger partial charge in [0.05, 0.1) is 26.4 Å². The van der Waals surface area contributed by atoms with Crippen LogP contribution in [0.2, 0.25) is 0 Å². The molecule has 16 heteroatoms. The van der Waals surface area contributed by atoms with E-state index in [9.17, 15) is 24.0 Å². The van der Waals surface area contributed by atoms with Crippen molar-refractivity contribution in [2.75, 3.05) is 53.2 Å². The molecule has 0 saturated heterocycles. The van der Waals surface area contributed by atoms with E-state index in [2.05, 4.69) is 26.1 Å². The standard InChI is InChI=1S/C46H81ClN6O9/c1-34(54)49-39-17-9-35(10-18-39)32-36-11-19-40(20-12-36)50-44(56)60-28-6-7-29-61-45(57)51-41-21-13-37(14-22-41)33-38-15-23-42(24-16-38)52-46(58)62-31-27-53(26-30-59-2)43(55)8-4-3-5-25-48-47/h35-42,48H,3-33H2,1-2H3,(H,49,54)(H,50,56)(H,51,57)(H,52,58). The number of carbonyl (C=O) groups excluding carboxylic acids is 5. The molecule has 5 N–H and O–H groups in total. The van der Waals surface area contributed by atoms with Crippen LogP contribution in [0.3, 0.4) is 0 Å². The van der Waals surface area contributed by atoms with Gasteiger partial charge >= 0.3 is 18.3 Å². The lowest BCUT2D eigenvalue weighted by Crippen LogP contribution is -2.41. The first-order chi connectivity index (χ1) is 30.1. The number of carbonyl (C=O) groups is 5. The predicted molar refractivity (Wildman–Crippen MR) is 239 cm³/mol. The van der Waals surface area contributed by atoms with Crippen LogP contribution in [-0.2, 0) is 28.5 Å². The maximum absolute atomic E-state index is 12.7. The quantitative estimate of drug-likeness (QED) is 0.0343. The van der Waals surface area contributed by atoms with Crippen LogP contribution in [0, 0.1) is 23.7 Å². The molecule has 0 bridgehead atoms. The minimum Gasteiger partial charge on any atom is -0.450 e. The SMILES string of the molecule is COCCN(CCOC(=O)NC1CCC(CC2CCC(NC(=O)OCCCCOC(=O)NC3CCC(CC4CCC(NC(C)=O)CC4)CC3)CC2)CC1)C(=O)CCCCCNCl. The van der Waals surface area contributed by atoms with Crippen molar-refractivity contribution >= 4 is 41.9 Å². The van der Waals surface area contributed by atoms with Crippen molar-refractivity contribution in [3.63, 3.8) is 0 Å². The Balaban J connectivity index is 0.946. The van der Waals surface area contributed by atoms with Gasteiger partial charge in [0.25, 0.3) is 0 Å². The fourth-order valence-corrected chi connectivity index (χ4v) is 10.3. The molecule has 4 fully saturated rings. The van der Waals surface area contributed by atoms with E-state index in [1.165, 1.54) is 25.7 Å². The third-order valence-electron chi connectivity index (χ3n) is 13.8. The van der Waals surface area contributed by atoms with Crippen molar-refractivity contribution in [2.24, 2.45) is 23.7 Å². The van der Waals surface area contributed by atoms with E-state index in [1.54, 1.807) is 18.9 Å². The van der Waals surface area contributed by atoms with E-state index in [4.69, 9.17) is 30.7 Å².